The average molecular weight is 459 g/mol. The van der Waals surface area contributed by atoms with Gasteiger partial charge in [-0.15, -0.1) is 0 Å². The standard InChI is InChI=1S/C21H35NO6P2/c1-5-25-29(23,26-6-2)21(30(24,27-7-3)28-8-4)17-19(18-13-10-9-11-14-18)22-16-12-15-20(21)22/h9-11,13-14,19-20H,5-8,12,15-17H2,1-4H3. The number of hydrogen-bond acceptors (Lipinski definition) is 7. The summed E-state index contributed by atoms with van der Waals surface area (Å²) in [5.74, 6) is 0. The van der Waals surface area contributed by atoms with Gasteiger partial charge in [-0.05, 0) is 59.1 Å². The van der Waals surface area contributed by atoms with Crippen LogP contribution < -0.4 is 0 Å². The number of rotatable bonds is 11. The van der Waals surface area contributed by atoms with Crippen molar-refractivity contribution in [3.05, 3.63) is 35.9 Å². The Morgan fingerprint density at radius 1 is 0.900 bits per heavy atom. The highest BCUT2D eigenvalue weighted by Gasteiger charge is 2.74. The highest BCUT2D eigenvalue weighted by molar-refractivity contribution is 7.74. The molecule has 0 spiro atoms. The zero-order valence-electron chi connectivity index (χ0n) is 18.5. The van der Waals surface area contributed by atoms with Crippen molar-refractivity contribution in [3.63, 3.8) is 0 Å². The molecular formula is C21H35NO6P2. The molecule has 0 radical (unpaired) electrons. The van der Waals surface area contributed by atoms with Crippen LogP contribution in [0.1, 0.15) is 58.6 Å². The van der Waals surface area contributed by atoms with Crippen molar-refractivity contribution in [1.29, 1.82) is 0 Å². The molecule has 3 rings (SSSR count). The second-order valence-electron chi connectivity index (χ2n) is 7.57. The van der Waals surface area contributed by atoms with Crippen LogP contribution in [0.2, 0.25) is 0 Å². The van der Waals surface area contributed by atoms with E-state index in [1.807, 2.05) is 18.2 Å². The summed E-state index contributed by atoms with van der Waals surface area (Å²) >= 11 is 0. The molecular weight excluding hydrogens is 424 g/mol. The first-order valence-electron chi connectivity index (χ1n) is 11.0. The molecule has 0 saturated carbocycles. The molecule has 7 nitrogen and oxygen atoms in total. The lowest BCUT2D eigenvalue weighted by molar-refractivity contribution is 0.164. The van der Waals surface area contributed by atoms with Gasteiger partial charge in [-0.1, -0.05) is 30.3 Å². The molecule has 2 heterocycles. The van der Waals surface area contributed by atoms with E-state index >= 15 is 0 Å². The topological polar surface area (TPSA) is 74.3 Å². The lowest BCUT2D eigenvalue weighted by atomic mass is 10.0. The first kappa shape index (κ1) is 24.1. The predicted octanol–water partition coefficient (Wildman–Crippen LogP) is 5.82. The fourth-order valence-electron chi connectivity index (χ4n) is 5.12. The molecule has 170 valence electrons. The monoisotopic (exact) mass is 459 g/mol. The first-order valence-corrected chi connectivity index (χ1v) is 14.1. The Morgan fingerprint density at radius 3 is 1.87 bits per heavy atom. The molecule has 0 aliphatic carbocycles. The van der Waals surface area contributed by atoms with Gasteiger partial charge in [0.25, 0.3) is 0 Å². The lowest BCUT2D eigenvalue weighted by Crippen LogP contribution is -2.43. The summed E-state index contributed by atoms with van der Waals surface area (Å²) in [6.07, 6.45) is 2.01. The molecule has 2 unspecified atom stereocenters. The molecule has 0 bridgehead atoms. The smallest absolute Gasteiger partial charge is 0.308 e. The normalized spacial score (nSPS) is 24.3. The molecule has 2 aliphatic rings. The second-order valence-corrected chi connectivity index (χ2v) is 12.5. The maximum absolute atomic E-state index is 14.4. The average Bonchev–Trinajstić information content (AvgIpc) is 3.31. The zero-order chi connectivity index (χ0) is 21.8. The fraction of sp³-hybridized carbons (Fsp3) is 0.714. The van der Waals surface area contributed by atoms with Gasteiger partial charge >= 0.3 is 15.2 Å². The van der Waals surface area contributed by atoms with E-state index in [9.17, 15) is 9.13 Å². The molecule has 2 fully saturated rings. The fourth-order valence-corrected chi connectivity index (χ4v) is 11.5. The predicted molar refractivity (Wildman–Crippen MR) is 118 cm³/mol. The third-order valence-electron chi connectivity index (χ3n) is 6.05. The minimum atomic E-state index is -3.86. The molecule has 9 heteroatoms. The van der Waals surface area contributed by atoms with Crippen molar-refractivity contribution < 1.29 is 27.2 Å². The minimum Gasteiger partial charge on any atom is -0.308 e. The van der Waals surface area contributed by atoms with Gasteiger partial charge in [0.15, 0.2) is 4.90 Å². The van der Waals surface area contributed by atoms with E-state index in [4.69, 9.17) is 18.1 Å². The highest BCUT2D eigenvalue weighted by atomic mass is 31.2. The van der Waals surface area contributed by atoms with Crippen LogP contribution in [0.25, 0.3) is 0 Å². The summed E-state index contributed by atoms with van der Waals surface area (Å²) in [7, 11) is -7.72. The van der Waals surface area contributed by atoms with Gasteiger partial charge < -0.3 is 18.1 Å². The van der Waals surface area contributed by atoms with Crippen LogP contribution in [0.3, 0.4) is 0 Å². The van der Waals surface area contributed by atoms with E-state index in [2.05, 4.69) is 17.0 Å². The lowest BCUT2D eigenvalue weighted by Gasteiger charge is -2.43. The van der Waals surface area contributed by atoms with Crippen molar-refractivity contribution >= 4 is 15.2 Å². The molecule has 2 saturated heterocycles. The molecule has 2 atom stereocenters. The Bertz CT molecular complexity index is 739. The van der Waals surface area contributed by atoms with Crippen molar-refractivity contribution in [2.45, 2.75) is 63.9 Å². The Morgan fingerprint density at radius 2 is 1.40 bits per heavy atom. The third kappa shape index (κ3) is 3.88. The maximum atomic E-state index is 14.4. The van der Waals surface area contributed by atoms with Gasteiger partial charge in [0.05, 0.1) is 26.4 Å². The number of hydrogen-bond donors (Lipinski definition) is 0. The molecule has 1 aromatic carbocycles. The number of fused-ring (bicyclic) bond motifs is 1. The van der Waals surface area contributed by atoms with E-state index < -0.39 is 20.1 Å². The van der Waals surface area contributed by atoms with E-state index in [-0.39, 0.29) is 38.5 Å². The molecule has 0 aromatic heterocycles. The third-order valence-corrected chi connectivity index (χ3v) is 12.8. The molecule has 30 heavy (non-hydrogen) atoms. The van der Waals surface area contributed by atoms with E-state index in [0.29, 0.717) is 6.42 Å². The Balaban J connectivity index is 2.23. The zero-order valence-corrected chi connectivity index (χ0v) is 20.3. The molecule has 2 aliphatic heterocycles. The van der Waals surface area contributed by atoms with E-state index in [1.54, 1.807) is 27.7 Å². The summed E-state index contributed by atoms with van der Waals surface area (Å²) < 4.78 is 52.4. The Hall–Kier alpha value is -0.520. The SMILES string of the molecule is CCOP(=O)(OCC)C1(P(=O)(OCC)OCC)CC(c2ccccc2)N2CCCC21. The van der Waals surface area contributed by atoms with Gasteiger partial charge in [0.2, 0.25) is 0 Å². The summed E-state index contributed by atoms with van der Waals surface area (Å²) in [6, 6.07) is 9.77. The molecule has 0 N–H and O–H groups in total. The summed E-state index contributed by atoms with van der Waals surface area (Å²) in [5.41, 5.74) is 1.10. The van der Waals surface area contributed by atoms with Crippen LogP contribution in [0.5, 0.6) is 0 Å². The van der Waals surface area contributed by atoms with Crippen LogP contribution in [0, 0.1) is 0 Å². The van der Waals surface area contributed by atoms with E-state index in [1.165, 1.54) is 0 Å². The van der Waals surface area contributed by atoms with Gasteiger partial charge in [0.1, 0.15) is 0 Å². The quantitative estimate of drug-likeness (QED) is 0.386. The Labute approximate surface area is 180 Å². The van der Waals surface area contributed by atoms with Gasteiger partial charge in [-0.25, -0.2) is 0 Å². The number of benzene rings is 1. The van der Waals surface area contributed by atoms with Crippen LogP contribution in [-0.4, -0.2) is 48.8 Å². The van der Waals surface area contributed by atoms with E-state index in [0.717, 1.165) is 24.9 Å². The van der Waals surface area contributed by atoms with Crippen molar-refractivity contribution in [2.24, 2.45) is 0 Å². The molecule has 0 amide bonds. The van der Waals surface area contributed by atoms with Gasteiger partial charge in [-0.3, -0.25) is 14.0 Å². The second kappa shape index (κ2) is 9.95. The van der Waals surface area contributed by atoms with Crippen molar-refractivity contribution in [2.75, 3.05) is 33.0 Å². The Kier molecular flexibility index (Phi) is 8.01. The van der Waals surface area contributed by atoms with Crippen LogP contribution in [-0.2, 0) is 27.2 Å². The first-order chi connectivity index (χ1) is 14.4. The minimum absolute atomic E-state index is 0.0535. The van der Waals surface area contributed by atoms with Crippen molar-refractivity contribution in [1.82, 2.24) is 4.90 Å². The maximum Gasteiger partial charge on any atom is 0.350 e. The summed E-state index contributed by atoms with van der Waals surface area (Å²) in [5, 5.41) is 0. The summed E-state index contributed by atoms with van der Waals surface area (Å²) in [4.78, 5) is 0.944. The number of nitrogens with zero attached hydrogens (tertiary/aromatic N) is 1. The summed E-state index contributed by atoms with van der Waals surface area (Å²) in [6.45, 7) is 8.73. The van der Waals surface area contributed by atoms with Gasteiger partial charge in [0, 0.05) is 12.1 Å². The van der Waals surface area contributed by atoms with Crippen LogP contribution in [0.4, 0.5) is 0 Å². The highest BCUT2D eigenvalue weighted by Crippen LogP contribution is 2.84. The van der Waals surface area contributed by atoms with Crippen molar-refractivity contribution in [3.8, 4) is 0 Å². The van der Waals surface area contributed by atoms with Crippen LogP contribution in [0.15, 0.2) is 30.3 Å². The van der Waals surface area contributed by atoms with Crippen LogP contribution >= 0.6 is 15.2 Å². The molecule has 1 aromatic rings. The largest absolute Gasteiger partial charge is 0.350 e. The van der Waals surface area contributed by atoms with Gasteiger partial charge in [-0.2, -0.15) is 0 Å².